The fourth-order valence-electron chi connectivity index (χ4n) is 1.34. The second kappa shape index (κ2) is 4.25. The first-order valence-electron chi connectivity index (χ1n) is 4.38. The fraction of sp³-hybridized carbons (Fsp3) is 0.625. The number of morpholine rings is 1. The Morgan fingerprint density at radius 2 is 2.23 bits per heavy atom. The van der Waals surface area contributed by atoms with Gasteiger partial charge in [0.05, 0.1) is 25.1 Å². The van der Waals surface area contributed by atoms with Gasteiger partial charge in [-0.3, -0.25) is 4.90 Å². The minimum absolute atomic E-state index is 0.818. The van der Waals surface area contributed by atoms with Crippen LogP contribution < -0.4 is 0 Å². The van der Waals surface area contributed by atoms with Gasteiger partial charge in [-0.1, -0.05) is 0 Å². The Bertz CT molecular complexity index is 248. The van der Waals surface area contributed by atoms with Crippen molar-refractivity contribution in [2.75, 3.05) is 26.3 Å². The molecule has 1 aromatic heterocycles. The minimum atomic E-state index is 0.818. The summed E-state index contributed by atoms with van der Waals surface area (Å²) in [6, 6.07) is 1.89. The van der Waals surface area contributed by atoms with Crippen LogP contribution in [0.25, 0.3) is 0 Å². The summed E-state index contributed by atoms with van der Waals surface area (Å²) in [5.41, 5.74) is 0.969. The quantitative estimate of drug-likeness (QED) is 0.625. The van der Waals surface area contributed by atoms with Crippen LogP contribution in [-0.4, -0.2) is 46.6 Å². The molecular weight excluding hydrogens is 168 g/mol. The van der Waals surface area contributed by atoms with Crippen molar-refractivity contribution in [1.82, 2.24) is 20.3 Å². The second-order valence-electron chi connectivity index (χ2n) is 3.00. The van der Waals surface area contributed by atoms with Gasteiger partial charge in [0.2, 0.25) is 0 Å². The van der Waals surface area contributed by atoms with Gasteiger partial charge in [0.25, 0.3) is 0 Å². The predicted octanol–water partition coefficient (Wildman–Crippen LogP) is -0.296. The van der Waals surface area contributed by atoms with Crippen LogP contribution in [0.15, 0.2) is 12.3 Å². The Morgan fingerprint density at radius 1 is 1.38 bits per heavy atom. The lowest BCUT2D eigenvalue weighted by atomic mass is 10.3. The van der Waals surface area contributed by atoms with Crippen molar-refractivity contribution in [2.24, 2.45) is 0 Å². The molecule has 0 aromatic carbocycles. The van der Waals surface area contributed by atoms with Crippen LogP contribution in [0.3, 0.4) is 0 Å². The summed E-state index contributed by atoms with van der Waals surface area (Å²) in [5.74, 6) is 0. The summed E-state index contributed by atoms with van der Waals surface area (Å²) in [6.45, 7) is 4.43. The molecule has 1 aliphatic heterocycles. The number of nitrogens with zero attached hydrogens (tertiary/aromatic N) is 4. The molecule has 13 heavy (non-hydrogen) atoms. The lowest BCUT2D eigenvalue weighted by Gasteiger charge is -2.25. The molecule has 0 N–H and O–H groups in total. The number of ether oxygens (including phenoxy) is 1. The molecule has 70 valence electrons. The van der Waals surface area contributed by atoms with Gasteiger partial charge in [-0.25, -0.2) is 0 Å². The van der Waals surface area contributed by atoms with Crippen molar-refractivity contribution >= 4 is 0 Å². The van der Waals surface area contributed by atoms with E-state index in [4.69, 9.17) is 4.74 Å². The molecule has 0 bridgehead atoms. The van der Waals surface area contributed by atoms with Crippen LogP contribution in [0.5, 0.6) is 0 Å². The molecular formula is C8H12N4O. The Morgan fingerprint density at radius 3 is 2.92 bits per heavy atom. The van der Waals surface area contributed by atoms with E-state index in [-0.39, 0.29) is 0 Å². The summed E-state index contributed by atoms with van der Waals surface area (Å²) in [4.78, 5) is 2.30. The summed E-state index contributed by atoms with van der Waals surface area (Å²) < 4.78 is 5.25. The standard InChI is InChI=1S/C8H12N4O/c1-2-9-11-10-8(1)7-12-3-5-13-6-4-12/h1-2H,3-7H2. The molecule has 5 heteroatoms. The number of aromatic nitrogens is 3. The van der Waals surface area contributed by atoms with Crippen LogP contribution in [0.2, 0.25) is 0 Å². The average Bonchev–Trinajstić information content (AvgIpc) is 2.21. The summed E-state index contributed by atoms with van der Waals surface area (Å²) in [7, 11) is 0. The zero-order valence-electron chi connectivity index (χ0n) is 7.39. The van der Waals surface area contributed by atoms with E-state index < -0.39 is 0 Å². The van der Waals surface area contributed by atoms with Crippen LogP contribution in [0.1, 0.15) is 5.69 Å². The van der Waals surface area contributed by atoms with Gasteiger partial charge >= 0.3 is 0 Å². The van der Waals surface area contributed by atoms with Crippen molar-refractivity contribution < 1.29 is 4.74 Å². The largest absolute Gasteiger partial charge is 0.379 e. The maximum atomic E-state index is 5.25. The molecule has 0 unspecified atom stereocenters. The molecule has 1 fully saturated rings. The van der Waals surface area contributed by atoms with Gasteiger partial charge in [0.15, 0.2) is 0 Å². The van der Waals surface area contributed by atoms with Crippen LogP contribution in [0.4, 0.5) is 0 Å². The monoisotopic (exact) mass is 180 g/mol. The molecule has 1 aromatic rings. The molecule has 2 rings (SSSR count). The van der Waals surface area contributed by atoms with E-state index in [9.17, 15) is 0 Å². The molecule has 0 aliphatic carbocycles. The summed E-state index contributed by atoms with van der Waals surface area (Å²) in [6.07, 6.45) is 1.67. The van der Waals surface area contributed by atoms with Crippen LogP contribution >= 0.6 is 0 Å². The third-order valence-corrected chi connectivity index (χ3v) is 2.05. The van der Waals surface area contributed by atoms with Crippen molar-refractivity contribution in [3.63, 3.8) is 0 Å². The van der Waals surface area contributed by atoms with E-state index in [2.05, 4.69) is 20.3 Å². The Hall–Kier alpha value is -1.07. The molecule has 2 heterocycles. The normalized spacial score (nSPS) is 18.8. The first kappa shape index (κ1) is 8.52. The van der Waals surface area contributed by atoms with Gasteiger partial charge < -0.3 is 4.74 Å². The molecule has 1 aliphatic rings. The Labute approximate surface area is 76.7 Å². The first-order valence-corrected chi connectivity index (χ1v) is 4.38. The zero-order valence-corrected chi connectivity index (χ0v) is 7.39. The van der Waals surface area contributed by atoms with Crippen molar-refractivity contribution in [3.8, 4) is 0 Å². The summed E-state index contributed by atoms with van der Waals surface area (Å²) in [5, 5.41) is 11.2. The number of hydrogen-bond donors (Lipinski definition) is 0. The van der Waals surface area contributed by atoms with E-state index in [0.29, 0.717) is 0 Å². The second-order valence-corrected chi connectivity index (χ2v) is 3.00. The van der Waals surface area contributed by atoms with Gasteiger partial charge in [-0.2, -0.15) is 0 Å². The third kappa shape index (κ3) is 2.43. The minimum Gasteiger partial charge on any atom is -0.379 e. The third-order valence-electron chi connectivity index (χ3n) is 2.05. The topological polar surface area (TPSA) is 51.1 Å². The van der Waals surface area contributed by atoms with E-state index in [0.717, 1.165) is 38.5 Å². The maximum Gasteiger partial charge on any atom is 0.0804 e. The number of hydrogen-bond acceptors (Lipinski definition) is 5. The van der Waals surface area contributed by atoms with Crippen molar-refractivity contribution in [1.29, 1.82) is 0 Å². The average molecular weight is 180 g/mol. The number of rotatable bonds is 2. The lowest BCUT2D eigenvalue weighted by Crippen LogP contribution is -2.35. The first-order chi connectivity index (χ1) is 6.45. The van der Waals surface area contributed by atoms with E-state index in [1.165, 1.54) is 0 Å². The van der Waals surface area contributed by atoms with E-state index in [1.54, 1.807) is 6.20 Å². The van der Waals surface area contributed by atoms with Gasteiger partial charge in [-0.15, -0.1) is 10.2 Å². The van der Waals surface area contributed by atoms with E-state index in [1.807, 2.05) is 6.07 Å². The van der Waals surface area contributed by atoms with Gasteiger partial charge in [-0.05, 0) is 11.3 Å². The SMILES string of the molecule is c1cc(CN2CCOCC2)nnn1. The Kier molecular flexibility index (Phi) is 2.79. The zero-order chi connectivity index (χ0) is 8.93. The van der Waals surface area contributed by atoms with Crippen LogP contribution in [0, 0.1) is 0 Å². The highest BCUT2D eigenvalue weighted by molar-refractivity contribution is 4.95. The molecule has 5 nitrogen and oxygen atoms in total. The highest BCUT2D eigenvalue weighted by atomic mass is 16.5. The molecule has 0 atom stereocenters. The smallest absolute Gasteiger partial charge is 0.0804 e. The van der Waals surface area contributed by atoms with Crippen molar-refractivity contribution in [2.45, 2.75) is 6.54 Å². The molecule has 0 radical (unpaired) electrons. The van der Waals surface area contributed by atoms with E-state index >= 15 is 0 Å². The van der Waals surface area contributed by atoms with Crippen molar-refractivity contribution in [3.05, 3.63) is 18.0 Å². The molecule has 1 saturated heterocycles. The fourth-order valence-corrected chi connectivity index (χ4v) is 1.34. The maximum absolute atomic E-state index is 5.25. The molecule has 0 spiro atoms. The van der Waals surface area contributed by atoms with Gasteiger partial charge in [0.1, 0.15) is 0 Å². The van der Waals surface area contributed by atoms with Crippen LogP contribution in [-0.2, 0) is 11.3 Å². The van der Waals surface area contributed by atoms with Gasteiger partial charge in [0, 0.05) is 19.6 Å². The highest BCUT2D eigenvalue weighted by Crippen LogP contribution is 2.02. The predicted molar refractivity (Wildman–Crippen MR) is 45.9 cm³/mol. The Balaban J connectivity index is 1.90. The molecule has 0 saturated carbocycles. The lowest BCUT2D eigenvalue weighted by molar-refractivity contribution is 0.0335. The summed E-state index contributed by atoms with van der Waals surface area (Å²) >= 11 is 0. The molecule has 0 amide bonds. The highest BCUT2D eigenvalue weighted by Gasteiger charge is 2.10.